The molecule has 3 aromatic carbocycles. The fourth-order valence-electron chi connectivity index (χ4n) is 3.61. The van der Waals surface area contributed by atoms with E-state index in [2.05, 4.69) is 21.2 Å². The number of likely N-dealkylation sites (N-methyl/N-ethyl adjacent to an activating group) is 1. The first-order chi connectivity index (χ1) is 16.5. The molecule has 34 heavy (non-hydrogen) atoms. The maximum atomic E-state index is 13.5. The molecule has 0 aliphatic carbocycles. The fraction of sp³-hybridized carbons (Fsp3) is 0.259. The smallest absolute Gasteiger partial charge is 0.242 e. The summed E-state index contributed by atoms with van der Waals surface area (Å²) >= 11 is 5.04. The molecule has 0 aromatic heterocycles. The molecule has 1 atom stereocenters. The van der Waals surface area contributed by atoms with Crippen LogP contribution in [0.25, 0.3) is 0 Å². The molecule has 178 valence electrons. The fourth-order valence-corrected chi connectivity index (χ4v) is 4.93. The Bertz CT molecular complexity index is 1080. The van der Waals surface area contributed by atoms with Crippen LogP contribution >= 0.6 is 27.7 Å². The lowest BCUT2D eigenvalue weighted by atomic mass is 10.0. The topological polar surface area (TPSA) is 58.6 Å². The average molecular weight is 542 g/mol. The van der Waals surface area contributed by atoms with Crippen LogP contribution in [0, 0.1) is 0 Å². The number of carbonyl (C=O) groups is 2. The van der Waals surface area contributed by atoms with Crippen LogP contribution in [0.2, 0.25) is 0 Å². The van der Waals surface area contributed by atoms with Crippen LogP contribution in [-0.2, 0) is 28.3 Å². The minimum absolute atomic E-state index is 0.0666. The highest BCUT2D eigenvalue weighted by Crippen LogP contribution is 2.21. The van der Waals surface area contributed by atoms with Gasteiger partial charge >= 0.3 is 0 Å². The van der Waals surface area contributed by atoms with E-state index in [4.69, 9.17) is 4.74 Å². The third-order valence-corrected chi connectivity index (χ3v) is 6.89. The lowest BCUT2D eigenvalue weighted by Crippen LogP contribution is -2.50. The van der Waals surface area contributed by atoms with Crippen molar-refractivity contribution in [2.24, 2.45) is 0 Å². The molecular formula is C27H29BrN2O3S. The van der Waals surface area contributed by atoms with Gasteiger partial charge in [-0.05, 0) is 41.0 Å². The van der Waals surface area contributed by atoms with Crippen LogP contribution in [0.1, 0.15) is 16.7 Å². The monoisotopic (exact) mass is 540 g/mol. The van der Waals surface area contributed by atoms with Crippen molar-refractivity contribution in [2.45, 2.75) is 24.8 Å². The molecule has 7 heteroatoms. The summed E-state index contributed by atoms with van der Waals surface area (Å²) in [4.78, 5) is 28.1. The van der Waals surface area contributed by atoms with Gasteiger partial charge in [0.2, 0.25) is 11.8 Å². The van der Waals surface area contributed by atoms with Crippen LogP contribution in [0.4, 0.5) is 0 Å². The lowest BCUT2D eigenvalue weighted by Gasteiger charge is -2.31. The average Bonchev–Trinajstić information content (AvgIpc) is 2.86. The maximum Gasteiger partial charge on any atom is 0.242 e. The summed E-state index contributed by atoms with van der Waals surface area (Å²) in [5, 5.41) is 2.75. The molecule has 0 heterocycles. The van der Waals surface area contributed by atoms with Gasteiger partial charge in [0, 0.05) is 30.2 Å². The quantitative estimate of drug-likeness (QED) is 0.368. The van der Waals surface area contributed by atoms with Gasteiger partial charge in [-0.2, -0.15) is 0 Å². The lowest BCUT2D eigenvalue weighted by molar-refractivity contribution is -0.139. The third kappa shape index (κ3) is 7.64. The molecule has 0 spiro atoms. The second-order valence-electron chi connectivity index (χ2n) is 7.81. The van der Waals surface area contributed by atoms with E-state index in [1.165, 1.54) is 11.8 Å². The number of benzene rings is 3. The van der Waals surface area contributed by atoms with E-state index in [-0.39, 0.29) is 17.6 Å². The van der Waals surface area contributed by atoms with Gasteiger partial charge in [-0.15, -0.1) is 11.8 Å². The van der Waals surface area contributed by atoms with Gasteiger partial charge in [0.15, 0.2) is 0 Å². The highest BCUT2D eigenvalue weighted by molar-refractivity contribution is 9.10. The van der Waals surface area contributed by atoms with E-state index in [1.807, 2.05) is 78.9 Å². The summed E-state index contributed by atoms with van der Waals surface area (Å²) < 4.78 is 6.14. The van der Waals surface area contributed by atoms with Gasteiger partial charge < -0.3 is 15.0 Å². The standard InChI is InChI=1S/C27H29BrN2O3S/c1-29-27(32)25(16-20-7-4-3-5-8-20)30(17-22-9-6-10-23(28)15-22)26(31)19-34-18-21-11-13-24(33-2)14-12-21/h3-15,25H,16-19H2,1-2H3,(H,29,32). The van der Waals surface area contributed by atoms with Crippen LogP contribution < -0.4 is 10.1 Å². The highest BCUT2D eigenvalue weighted by Gasteiger charge is 2.29. The Hall–Kier alpha value is -2.77. The Kier molecular flexibility index (Phi) is 10.0. The zero-order chi connectivity index (χ0) is 24.3. The zero-order valence-corrected chi connectivity index (χ0v) is 21.8. The van der Waals surface area contributed by atoms with E-state index >= 15 is 0 Å². The largest absolute Gasteiger partial charge is 0.497 e. The molecule has 0 aliphatic heterocycles. The number of hydrogen-bond donors (Lipinski definition) is 1. The molecule has 0 saturated heterocycles. The summed E-state index contributed by atoms with van der Waals surface area (Å²) in [6, 6.07) is 24.8. The Balaban J connectivity index is 1.78. The molecule has 1 N–H and O–H groups in total. The number of nitrogens with one attached hydrogen (secondary N) is 1. The van der Waals surface area contributed by atoms with Crippen molar-refractivity contribution in [2.75, 3.05) is 19.9 Å². The van der Waals surface area contributed by atoms with Crippen LogP contribution in [-0.4, -0.2) is 42.7 Å². The number of amides is 2. The summed E-state index contributed by atoms with van der Waals surface area (Å²) in [6.07, 6.45) is 0.448. The zero-order valence-electron chi connectivity index (χ0n) is 19.4. The summed E-state index contributed by atoms with van der Waals surface area (Å²) in [7, 11) is 3.25. The van der Waals surface area contributed by atoms with E-state index in [0.717, 1.165) is 26.9 Å². The predicted octanol–water partition coefficient (Wildman–Crippen LogP) is 5.08. The number of nitrogens with zero attached hydrogens (tertiary/aromatic N) is 1. The Morgan fingerprint density at radius 1 is 0.971 bits per heavy atom. The minimum Gasteiger partial charge on any atom is -0.497 e. The van der Waals surface area contributed by atoms with E-state index in [0.29, 0.717) is 18.7 Å². The molecule has 2 amide bonds. The maximum absolute atomic E-state index is 13.5. The first-order valence-corrected chi connectivity index (χ1v) is 12.9. The first kappa shape index (κ1) is 25.8. The van der Waals surface area contributed by atoms with Gasteiger partial charge in [0.1, 0.15) is 11.8 Å². The summed E-state index contributed by atoms with van der Waals surface area (Å²) in [6.45, 7) is 0.353. The molecular weight excluding hydrogens is 512 g/mol. The normalized spacial score (nSPS) is 11.5. The number of methoxy groups -OCH3 is 1. The van der Waals surface area contributed by atoms with E-state index in [1.54, 1.807) is 19.1 Å². The van der Waals surface area contributed by atoms with Crippen molar-refractivity contribution in [1.29, 1.82) is 0 Å². The van der Waals surface area contributed by atoms with Crippen molar-refractivity contribution in [3.05, 3.63) is 100 Å². The number of carbonyl (C=O) groups excluding carboxylic acids is 2. The Labute approximate surface area is 214 Å². The summed E-state index contributed by atoms with van der Waals surface area (Å²) in [5.41, 5.74) is 3.09. The number of ether oxygens (including phenoxy) is 1. The highest BCUT2D eigenvalue weighted by atomic mass is 79.9. The molecule has 3 aromatic rings. The first-order valence-electron chi connectivity index (χ1n) is 11.0. The second kappa shape index (κ2) is 13.2. The summed E-state index contributed by atoms with van der Waals surface area (Å²) in [5.74, 6) is 1.54. The van der Waals surface area contributed by atoms with Gasteiger partial charge in [0.05, 0.1) is 12.9 Å². The molecule has 0 saturated carbocycles. The molecule has 3 rings (SSSR count). The molecule has 0 aliphatic rings. The minimum atomic E-state index is -0.611. The SMILES string of the molecule is CNC(=O)C(Cc1ccccc1)N(Cc1cccc(Br)c1)C(=O)CSCc1ccc(OC)cc1. The van der Waals surface area contributed by atoms with Gasteiger partial charge in [-0.3, -0.25) is 9.59 Å². The number of halogens is 1. The predicted molar refractivity (Wildman–Crippen MR) is 142 cm³/mol. The van der Waals surface area contributed by atoms with Crippen molar-refractivity contribution in [1.82, 2.24) is 10.2 Å². The van der Waals surface area contributed by atoms with Crippen LogP contribution in [0.15, 0.2) is 83.3 Å². The van der Waals surface area contributed by atoms with Gasteiger partial charge in [-0.1, -0.05) is 70.5 Å². The van der Waals surface area contributed by atoms with Crippen molar-refractivity contribution >= 4 is 39.5 Å². The Morgan fingerprint density at radius 3 is 2.32 bits per heavy atom. The van der Waals surface area contributed by atoms with E-state index in [9.17, 15) is 9.59 Å². The van der Waals surface area contributed by atoms with E-state index < -0.39 is 6.04 Å². The molecule has 0 fully saturated rings. The second-order valence-corrected chi connectivity index (χ2v) is 9.71. The number of thioether (sulfide) groups is 1. The molecule has 0 bridgehead atoms. The van der Waals surface area contributed by atoms with Crippen molar-refractivity contribution in [3.8, 4) is 5.75 Å². The molecule has 5 nitrogen and oxygen atoms in total. The van der Waals surface area contributed by atoms with Gasteiger partial charge in [0.25, 0.3) is 0 Å². The van der Waals surface area contributed by atoms with Crippen molar-refractivity contribution in [3.63, 3.8) is 0 Å². The van der Waals surface area contributed by atoms with Crippen molar-refractivity contribution < 1.29 is 14.3 Å². The van der Waals surface area contributed by atoms with Gasteiger partial charge in [-0.25, -0.2) is 0 Å². The molecule has 1 unspecified atom stereocenters. The number of rotatable bonds is 11. The van der Waals surface area contributed by atoms with Crippen LogP contribution in [0.3, 0.4) is 0 Å². The third-order valence-electron chi connectivity index (χ3n) is 5.41. The van der Waals surface area contributed by atoms with Crippen LogP contribution in [0.5, 0.6) is 5.75 Å². The number of hydrogen-bond acceptors (Lipinski definition) is 4. The molecule has 0 radical (unpaired) electrons. The Morgan fingerprint density at radius 2 is 1.68 bits per heavy atom.